The Morgan fingerprint density at radius 3 is 2.50 bits per heavy atom. The van der Waals surface area contributed by atoms with E-state index in [-0.39, 0.29) is 22.3 Å². The van der Waals surface area contributed by atoms with Crippen LogP contribution in [0.4, 0.5) is 5.82 Å². The van der Waals surface area contributed by atoms with Crippen molar-refractivity contribution in [3.63, 3.8) is 0 Å². The summed E-state index contributed by atoms with van der Waals surface area (Å²) in [5, 5.41) is 0.198. The molecule has 0 unspecified atom stereocenters. The molecule has 0 bridgehead atoms. The first kappa shape index (κ1) is 14.4. The maximum Gasteiger partial charge on any atom is 0.368 e. The Morgan fingerprint density at radius 1 is 1.39 bits per heavy atom. The third-order valence-electron chi connectivity index (χ3n) is 1.69. The lowest BCUT2D eigenvalue weighted by molar-refractivity contribution is -0.133. The van der Waals surface area contributed by atoms with Crippen LogP contribution in [0, 0.1) is 0 Å². The van der Waals surface area contributed by atoms with Crippen LogP contribution >= 0.6 is 11.3 Å². The minimum atomic E-state index is -0.613. The highest BCUT2D eigenvalue weighted by molar-refractivity contribution is 7.15. The van der Waals surface area contributed by atoms with Crippen molar-refractivity contribution < 1.29 is 19.1 Å². The van der Waals surface area contributed by atoms with Crippen LogP contribution in [-0.2, 0) is 9.53 Å². The van der Waals surface area contributed by atoms with Crippen LogP contribution in [0.15, 0.2) is 0 Å². The van der Waals surface area contributed by atoms with Crippen molar-refractivity contribution in [3.05, 3.63) is 5.01 Å². The van der Waals surface area contributed by atoms with Gasteiger partial charge in [0.2, 0.25) is 10.1 Å². The van der Waals surface area contributed by atoms with E-state index in [1.165, 1.54) is 0 Å². The number of aromatic nitrogens is 1. The van der Waals surface area contributed by atoms with E-state index in [2.05, 4.69) is 4.98 Å². The number of esters is 2. The van der Waals surface area contributed by atoms with Crippen LogP contribution in [0.3, 0.4) is 0 Å². The van der Waals surface area contributed by atoms with Gasteiger partial charge in [0.15, 0.2) is 5.82 Å². The quantitative estimate of drug-likeness (QED) is 0.846. The number of hydrogen-bond acceptors (Lipinski definition) is 7. The fourth-order valence-corrected chi connectivity index (χ4v) is 1.71. The number of rotatable bonds is 3. The maximum absolute atomic E-state index is 11.7. The SMILES string of the molecule is CCC(=O)Oc1sc(C(=O)OC(C)(C)C)nc1N. The first-order valence-corrected chi connectivity index (χ1v) is 6.25. The zero-order chi connectivity index (χ0) is 13.9. The molecule has 1 rings (SSSR count). The molecule has 0 saturated heterocycles. The highest BCUT2D eigenvalue weighted by atomic mass is 32.1. The van der Waals surface area contributed by atoms with Gasteiger partial charge in [-0.15, -0.1) is 0 Å². The molecule has 0 aliphatic rings. The second kappa shape index (κ2) is 5.34. The number of thiazole rings is 1. The lowest BCUT2D eigenvalue weighted by Gasteiger charge is -2.18. The second-order valence-electron chi connectivity index (χ2n) is 4.52. The largest absolute Gasteiger partial charge is 0.455 e. The van der Waals surface area contributed by atoms with Crippen molar-refractivity contribution in [1.82, 2.24) is 4.98 Å². The molecule has 0 saturated carbocycles. The summed E-state index contributed by atoms with van der Waals surface area (Å²) < 4.78 is 10.1. The Kier molecular flexibility index (Phi) is 4.28. The lowest BCUT2D eigenvalue weighted by Crippen LogP contribution is -2.23. The predicted molar refractivity (Wildman–Crippen MR) is 67.6 cm³/mol. The van der Waals surface area contributed by atoms with Gasteiger partial charge in [0.1, 0.15) is 5.60 Å². The Balaban J connectivity index is 2.84. The Bertz CT molecular complexity index is 462. The average Bonchev–Trinajstić information content (AvgIpc) is 2.58. The summed E-state index contributed by atoms with van der Waals surface area (Å²) >= 11 is 0.898. The molecule has 0 aliphatic heterocycles. The summed E-state index contributed by atoms with van der Waals surface area (Å²) in [6.45, 7) is 6.91. The molecule has 0 aromatic carbocycles. The topological polar surface area (TPSA) is 91.5 Å². The van der Waals surface area contributed by atoms with E-state index in [1.807, 2.05) is 0 Å². The summed E-state index contributed by atoms with van der Waals surface area (Å²) in [5.41, 5.74) is 4.95. The van der Waals surface area contributed by atoms with Crippen LogP contribution in [0.25, 0.3) is 0 Å². The van der Waals surface area contributed by atoms with E-state index in [9.17, 15) is 9.59 Å². The van der Waals surface area contributed by atoms with Gasteiger partial charge >= 0.3 is 11.9 Å². The number of carbonyl (C=O) groups is 2. The number of hydrogen-bond donors (Lipinski definition) is 1. The van der Waals surface area contributed by atoms with Gasteiger partial charge in [-0.25, -0.2) is 9.78 Å². The zero-order valence-electron chi connectivity index (χ0n) is 10.8. The molecule has 0 aliphatic carbocycles. The molecule has 6 nitrogen and oxygen atoms in total. The Hall–Kier alpha value is -1.63. The van der Waals surface area contributed by atoms with Crippen molar-refractivity contribution in [2.75, 3.05) is 5.73 Å². The highest BCUT2D eigenvalue weighted by Gasteiger charge is 2.23. The molecule has 0 amide bonds. The number of nitrogen functional groups attached to an aromatic ring is 1. The minimum absolute atomic E-state index is 0.0164. The lowest BCUT2D eigenvalue weighted by atomic mass is 10.2. The van der Waals surface area contributed by atoms with Crippen LogP contribution < -0.4 is 10.5 Å². The number of carbonyl (C=O) groups excluding carboxylic acids is 2. The third-order valence-corrected chi connectivity index (χ3v) is 2.62. The van der Waals surface area contributed by atoms with Gasteiger partial charge in [0.25, 0.3) is 0 Å². The standard InChI is InChI=1S/C11H16N2O4S/c1-5-6(14)16-10-7(12)13-8(18-10)9(15)17-11(2,3)4/h5,12H2,1-4H3. The van der Waals surface area contributed by atoms with E-state index in [0.29, 0.717) is 0 Å². The minimum Gasteiger partial charge on any atom is -0.455 e. The zero-order valence-corrected chi connectivity index (χ0v) is 11.6. The summed E-state index contributed by atoms with van der Waals surface area (Å²) in [6, 6.07) is 0. The average molecular weight is 272 g/mol. The third kappa shape index (κ3) is 3.99. The summed E-state index contributed by atoms with van der Waals surface area (Å²) in [6.07, 6.45) is 0.221. The molecule has 2 N–H and O–H groups in total. The molecule has 0 atom stereocenters. The van der Waals surface area contributed by atoms with Crippen molar-refractivity contribution in [3.8, 4) is 5.06 Å². The number of nitrogens with zero attached hydrogens (tertiary/aromatic N) is 1. The molecule has 7 heteroatoms. The van der Waals surface area contributed by atoms with Crippen LogP contribution in [0.2, 0.25) is 0 Å². The van der Waals surface area contributed by atoms with E-state index < -0.39 is 17.5 Å². The molecule has 1 aromatic rings. The monoisotopic (exact) mass is 272 g/mol. The van der Waals surface area contributed by atoms with Gasteiger partial charge in [0, 0.05) is 6.42 Å². The van der Waals surface area contributed by atoms with Gasteiger partial charge in [-0.3, -0.25) is 4.79 Å². The summed E-state index contributed by atoms with van der Waals surface area (Å²) in [7, 11) is 0. The number of nitrogens with two attached hydrogens (primary N) is 1. The van der Waals surface area contributed by atoms with Crippen LogP contribution in [0.5, 0.6) is 5.06 Å². The molecule has 0 fully saturated rings. The van der Waals surface area contributed by atoms with Gasteiger partial charge in [0.05, 0.1) is 0 Å². The van der Waals surface area contributed by atoms with Crippen molar-refractivity contribution in [2.24, 2.45) is 0 Å². The maximum atomic E-state index is 11.7. The summed E-state index contributed by atoms with van der Waals surface area (Å²) in [4.78, 5) is 26.7. The molecule has 0 spiro atoms. The van der Waals surface area contributed by atoms with Crippen LogP contribution in [-0.4, -0.2) is 22.5 Å². The van der Waals surface area contributed by atoms with E-state index in [4.69, 9.17) is 15.2 Å². The van der Waals surface area contributed by atoms with Gasteiger partial charge in [-0.1, -0.05) is 18.3 Å². The number of anilines is 1. The molecular formula is C11H16N2O4S. The first-order valence-electron chi connectivity index (χ1n) is 5.43. The second-order valence-corrected chi connectivity index (χ2v) is 5.48. The fourth-order valence-electron chi connectivity index (χ4n) is 0.976. The number of ether oxygens (including phenoxy) is 2. The molecule has 1 aromatic heterocycles. The van der Waals surface area contributed by atoms with Crippen molar-refractivity contribution >= 4 is 29.1 Å². The van der Waals surface area contributed by atoms with Crippen LogP contribution in [0.1, 0.15) is 43.9 Å². The molecule has 0 radical (unpaired) electrons. The highest BCUT2D eigenvalue weighted by Crippen LogP contribution is 2.30. The molecular weight excluding hydrogens is 256 g/mol. The van der Waals surface area contributed by atoms with E-state index in [0.717, 1.165) is 11.3 Å². The smallest absolute Gasteiger partial charge is 0.368 e. The fraction of sp³-hybridized carbons (Fsp3) is 0.545. The molecule has 18 heavy (non-hydrogen) atoms. The summed E-state index contributed by atoms with van der Waals surface area (Å²) in [5.74, 6) is -0.998. The van der Waals surface area contributed by atoms with Gasteiger partial charge < -0.3 is 15.2 Å². The predicted octanol–water partition coefficient (Wildman–Crippen LogP) is 2.00. The van der Waals surface area contributed by atoms with Gasteiger partial charge in [-0.05, 0) is 20.8 Å². The van der Waals surface area contributed by atoms with Crippen molar-refractivity contribution in [1.29, 1.82) is 0 Å². The first-order chi connectivity index (χ1) is 8.23. The Morgan fingerprint density at radius 2 is 2.00 bits per heavy atom. The molecule has 100 valence electrons. The van der Waals surface area contributed by atoms with E-state index in [1.54, 1.807) is 27.7 Å². The van der Waals surface area contributed by atoms with Gasteiger partial charge in [-0.2, -0.15) is 0 Å². The normalized spacial score (nSPS) is 11.1. The Labute approximate surface area is 109 Å². The molecule has 1 heterocycles. The van der Waals surface area contributed by atoms with E-state index >= 15 is 0 Å². The van der Waals surface area contributed by atoms with Crippen molar-refractivity contribution in [2.45, 2.75) is 39.7 Å².